The maximum Gasteiger partial charge on any atom is 0.254 e. The lowest BCUT2D eigenvalue weighted by Crippen LogP contribution is -2.47. The Bertz CT molecular complexity index is 1250. The van der Waals surface area contributed by atoms with Crippen molar-refractivity contribution < 1.29 is 9.18 Å². The molecule has 4 rings (SSSR count). The first-order chi connectivity index (χ1) is 17.7. The van der Waals surface area contributed by atoms with E-state index in [0.717, 1.165) is 49.8 Å². The first-order valence-corrected chi connectivity index (χ1v) is 13.5. The van der Waals surface area contributed by atoms with Gasteiger partial charge in [-0.25, -0.2) is 9.07 Å². The van der Waals surface area contributed by atoms with Gasteiger partial charge in [-0.05, 0) is 55.8 Å². The highest BCUT2D eigenvalue weighted by Gasteiger charge is 2.28. The van der Waals surface area contributed by atoms with Crippen LogP contribution in [0.3, 0.4) is 0 Å². The summed E-state index contributed by atoms with van der Waals surface area (Å²) in [5.74, 6) is 0.730. The number of carbonyl (C=O) groups is 1. The van der Waals surface area contributed by atoms with Crippen molar-refractivity contribution in [3.05, 3.63) is 75.1 Å². The lowest BCUT2D eigenvalue weighted by atomic mass is 10.1. The number of amides is 1. The van der Waals surface area contributed by atoms with Crippen LogP contribution in [0.15, 0.2) is 42.5 Å². The van der Waals surface area contributed by atoms with Crippen LogP contribution in [0, 0.1) is 18.7 Å². The highest BCUT2D eigenvalue weighted by Crippen LogP contribution is 2.31. The lowest BCUT2D eigenvalue weighted by molar-refractivity contribution is 0.0722. The van der Waals surface area contributed by atoms with Crippen LogP contribution >= 0.6 is 23.2 Å². The van der Waals surface area contributed by atoms with E-state index >= 15 is 0 Å². The minimum absolute atomic E-state index is 0.119. The van der Waals surface area contributed by atoms with Crippen molar-refractivity contribution in [3.8, 4) is 5.69 Å². The number of hydrogen-bond acceptors (Lipinski definition) is 4. The Hall–Kier alpha value is -2.61. The summed E-state index contributed by atoms with van der Waals surface area (Å²) in [4.78, 5) is 20.2. The summed E-state index contributed by atoms with van der Waals surface area (Å²) in [5, 5.41) is 5.60. The van der Waals surface area contributed by atoms with Gasteiger partial charge < -0.3 is 14.7 Å². The molecule has 0 atom stereocenters. The molecule has 0 radical (unpaired) electrons. The molecule has 9 heteroatoms. The van der Waals surface area contributed by atoms with Crippen molar-refractivity contribution >= 4 is 34.9 Å². The van der Waals surface area contributed by atoms with E-state index in [2.05, 4.69) is 30.6 Å². The molecule has 1 fully saturated rings. The van der Waals surface area contributed by atoms with Crippen LogP contribution in [0.2, 0.25) is 10.0 Å². The monoisotopic (exact) mass is 545 g/mol. The second-order valence-corrected chi connectivity index (χ2v) is 10.7. The fourth-order valence-electron chi connectivity index (χ4n) is 4.78. The number of rotatable bonds is 8. The number of halogens is 3. The second-order valence-electron chi connectivity index (χ2n) is 9.91. The van der Waals surface area contributed by atoms with Crippen LogP contribution in [0.25, 0.3) is 5.69 Å². The number of hydrogen-bond donors (Lipinski definition) is 0. The average molecular weight is 547 g/mol. The largest absolute Gasteiger partial charge is 0.354 e. The molecule has 198 valence electrons. The van der Waals surface area contributed by atoms with Crippen LogP contribution in [0.1, 0.15) is 42.4 Å². The summed E-state index contributed by atoms with van der Waals surface area (Å²) in [5.41, 5.74) is 2.92. The van der Waals surface area contributed by atoms with Crippen molar-refractivity contribution in [1.82, 2.24) is 19.6 Å². The fourth-order valence-corrected chi connectivity index (χ4v) is 5.08. The molecule has 37 heavy (non-hydrogen) atoms. The first-order valence-electron chi connectivity index (χ1n) is 12.7. The Morgan fingerprint density at radius 3 is 2.43 bits per heavy atom. The van der Waals surface area contributed by atoms with E-state index in [1.54, 1.807) is 24.3 Å². The van der Waals surface area contributed by atoms with E-state index in [4.69, 9.17) is 28.3 Å². The van der Waals surface area contributed by atoms with E-state index in [9.17, 15) is 9.18 Å². The van der Waals surface area contributed by atoms with E-state index in [-0.39, 0.29) is 17.6 Å². The molecule has 1 aromatic heterocycles. The number of benzene rings is 2. The molecule has 0 bridgehead atoms. The number of aromatic nitrogens is 2. The Labute approximate surface area is 228 Å². The van der Waals surface area contributed by atoms with Crippen LogP contribution in [-0.2, 0) is 6.54 Å². The maximum atomic E-state index is 14.2. The van der Waals surface area contributed by atoms with Gasteiger partial charge in [0.25, 0.3) is 5.91 Å². The number of aryl methyl sites for hydroxylation is 1. The summed E-state index contributed by atoms with van der Waals surface area (Å²) in [7, 11) is 0. The number of nitrogens with zero attached hydrogens (tertiary/aromatic N) is 5. The molecule has 0 unspecified atom stereocenters. The predicted octanol–water partition coefficient (Wildman–Crippen LogP) is 6.07. The Balaban J connectivity index is 1.76. The predicted molar refractivity (Wildman–Crippen MR) is 149 cm³/mol. The van der Waals surface area contributed by atoms with Crippen molar-refractivity contribution in [2.24, 2.45) is 5.92 Å². The van der Waals surface area contributed by atoms with Crippen molar-refractivity contribution in [2.45, 2.75) is 34.2 Å². The number of piperazine rings is 1. The molecule has 2 aromatic carbocycles. The third kappa shape index (κ3) is 6.28. The SMILES string of the molecule is CCN1CCN(c2c(CN(CC(C)C)C(=O)c3ccc(Cl)c(Cl)c3)c(C)nn2-c2cccc(F)c2)CC1. The minimum atomic E-state index is -0.315. The molecule has 6 nitrogen and oxygen atoms in total. The Kier molecular flexibility index (Phi) is 8.78. The molecule has 3 aromatic rings. The van der Waals surface area contributed by atoms with Crippen LogP contribution < -0.4 is 4.90 Å². The van der Waals surface area contributed by atoms with Gasteiger partial charge in [0.2, 0.25) is 0 Å². The van der Waals surface area contributed by atoms with E-state index < -0.39 is 0 Å². The minimum Gasteiger partial charge on any atom is -0.354 e. The van der Waals surface area contributed by atoms with Gasteiger partial charge in [0.15, 0.2) is 0 Å². The summed E-state index contributed by atoms with van der Waals surface area (Å²) in [6.07, 6.45) is 0. The second kappa shape index (κ2) is 11.8. The molecule has 1 amide bonds. The summed E-state index contributed by atoms with van der Waals surface area (Å²) in [6, 6.07) is 11.5. The average Bonchev–Trinajstić information content (AvgIpc) is 3.20. The standard InChI is InChI=1S/C28H34Cl2FN5O/c1-5-33-11-13-34(14-12-33)27-24(20(4)32-36(27)23-8-6-7-22(31)16-23)18-35(17-19(2)3)28(37)21-9-10-25(29)26(30)15-21/h6-10,15-16,19H,5,11-14,17-18H2,1-4H3. The van der Waals surface area contributed by atoms with Gasteiger partial charge >= 0.3 is 0 Å². The molecular formula is C28H34Cl2FN5O. The molecule has 2 heterocycles. The van der Waals surface area contributed by atoms with Crippen LogP contribution in [0.4, 0.5) is 10.2 Å². The van der Waals surface area contributed by atoms with Crippen LogP contribution in [0.5, 0.6) is 0 Å². The highest BCUT2D eigenvalue weighted by molar-refractivity contribution is 6.42. The van der Waals surface area contributed by atoms with Crippen molar-refractivity contribution in [3.63, 3.8) is 0 Å². The van der Waals surface area contributed by atoms with Gasteiger partial charge in [0.05, 0.1) is 28.0 Å². The quantitative estimate of drug-likeness (QED) is 0.344. The van der Waals surface area contributed by atoms with Crippen molar-refractivity contribution in [1.29, 1.82) is 0 Å². The first kappa shape index (κ1) is 27.4. The zero-order valence-corrected chi connectivity index (χ0v) is 23.4. The molecule has 1 saturated heterocycles. The van der Waals surface area contributed by atoms with Gasteiger partial charge in [0.1, 0.15) is 11.6 Å². The topological polar surface area (TPSA) is 44.6 Å². The number of carbonyl (C=O) groups excluding carboxylic acids is 1. The summed E-state index contributed by atoms with van der Waals surface area (Å²) < 4.78 is 16.0. The zero-order valence-electron chi connectivity index (χ0n) is 21.8. The maximum absolute atomic E-state index is 14.2. The van der Waals surface area contributed by atoms with Gasteiger partial charge in [0, 0.05) is 43.9 Å². The van der Waals surface area contributed by atoms with Gasteiger partial charge in [-0.1, -0.05) is 50.0 Å². The van der Waals surface area contributed by atoms with Gasteiger partial charge in [-0.3, -0.25) is 4.79 Å². The molecule has 1 aliphatic rings. The number of anilines is 1. The van der Waals surface area contributed by atoms with Crippen molar-refractivity contribution in [2.75, 3.05) is 44.2 Å². The molecule has 0 N–H and O–H groups in total. The van der Waals surface area contributed by atoms with E-state index in [1.807, 2.05) is 22.6 Å². The normalized spacial score (nSPS) is 14.4. The Morgan fingerprint density at radius 2 is 1.81 bits per heavy atom. The molecular weight excluding hydrogens is 512 g/mol. The lowest BCUT2D eigenvalue weighted by Gasteiger charge is -2.36. The van der Waals surface area contributed by atoms with E-state index in [1.165, 1.54) is 12.1 Å². The van der Waals surface area contributed by atoms with Crippen LogP contribution in [-0.4, -0.2) is 64.8 Å². The van der Waals surface area contributed by atoms with Gasteiger partial charge in [-0.2, -0.15) is 5.10 Å². The van der Waals surface area contributed by atoms with E-state index in [0.29, 0.717) is 34.4 Å². The molecule has 0 spiro atoms. The molecule has 0 aliphatic carbocycles. The summed E-state index contributed by atoms with van der Waals surface area (Å²) in [6.45, 7) is 13.7. The third-order valence-corrected chi connectivity index (χ3v) is 7.46. The fraction of sp³-hybridized carbons (Fsp3) is 0.429. The molecule has 0 saturated carbocycles. The smallest absolute Gasteiger partial charge is 0.254 e. The zero-order chi connectivity index (χ0) is 26.7. The number of likely N-dealkylation sites (N-methyl/N-ethyl adjacent to an activating group) is 1. The highest BCUT2D eigenvalue weighted by atomic mass is 35.5. The molecule has 1 aliphatic heterocycles. The Morgan fingerprint density at radius 1 is 1.08 bits per heavy atom. The van der Waals surface area contributed by atoms with Gasteiger partial charge in [-0.15, -0.1) is 0 Å². The third-order valence-electron chi connectivity index (χ3n) is 6.72. The summed E-state index contributed by atoms with van der Waals surface area (Å²) >= 11 is 12.3.